The number of carbonyl (C=O) groups is 2. The van der Waals surface area contributed by atoms with Crippen LogP contribution in [0.5, 0.6) is 5.75 Å². The molecule has 26 heavy (non-hydrogen) atoms. The van der Waals surface area contributed by atoms with E-state index in [2.05, 4.69) is 15.5 Å². The van der Waals surface area contributed by atoms with Crippen molar-refractivity contribution in [2.75, 3.05) is 13.7 Å². The molecule has 1 amide bonds. The molecule has 0 unspecified atom stereocenters. The van der Waals surface area contributed by atoms with Crippen LogP contribution in [0.4, 0.5) is 0 Å². The number of aromatic nitrogens is 2. The molecule has 0 aliphatic rings. The third-order valence-electron chi connectivity index (χ3n) is 3.77. The fourth-order valence-electron chi connectivity index (χ4n) is 2.21. The van der Waals surface area contributed by atoms with E-state index in [0.29, 0.717) is 36.0 Å². The van der Waals surface area contributed by atoms with E-state index in [1.165, 1.54) is 0 Å². The maximum absolute atomic E-state index is 12.1. The predicted molar refractivity (Wildman–Crippen MR) is 96.3 cm³/mol. The maximum Gasteiger partial charge on any atom is 0.232 e. The van der Waals surface area contributed by atoms with Crippen LogP contribution in [0.3, 0.4) is 0 Å². The standard InChI is InChI=1S/C19H25N3O4/c1-19(2,3)18-21-16(22-26-18)11-12-20-17(24)10-9-15(23)13-5-7-14(25-4)8-6-13/h5-8H,9-12H2,1-4H3,(H,20,24). The smallest absolute Gasteiger partial charge is 0.232 e. The molecular formula is C19H25N3O4. The Morgan fingerprint density at radius 3 is 2.42 bits per heavy atom. The van der Waals surface area contributed by atoms with Gasteiger partial charge in [0.1, 0.15) is 5.75 Å². The summed E-state index contributed by atoms with van der Waals surface area (Å²) in [5.41, 5.74) is 0.371. The van der Waals surface area contributed by atoms with Gasteiger partial charge in [0, 0.05) is 36.8 Å². The summed E-state index contributed by atoms with van der Waals surface area (Å²) in [7, 11) is 1.57. The maximum atomic E-state index is 12.1. The van der Waals surface area contributed by atoms with Crippen LogP contribution in [0.1, 0.15) is 55.7 Å². The highest BCUT2D eigenvalue weighted by Gasteiger charge is 2.21. The Morgan fingerprint density at radius 2 is 1.85 bits per heavy atom. The lowest BCUT2D eigenvalue weighted by atomic mass is 9.97. The minimum absolute atomic E-state index is 0.0733. The number of nitrogens with one attached hydrogen (secondary N) is 1. The summed E-state index contributed by atoms with van der Waals surface area (Å²) < 4.78 is 10.3. The van der Waals surface area contributed by atoms with Gasteiger partial charge in [0.15, 0.2) is 11.6 Å². The van der Waals surface area contributed by atoms with Gasteiger partial charge in [-0.25, -0.2) is 0 Å². The third-order valence-corrected chi connectivity index (χ3v) is 3.77. The fraction of sp³-hybridized carbons (Fsp3) is 0.474. The summed E-state index contributed by atoms with van der Waals surface area (Å²) in [4.78, 5) is 28.3. The second-order valence-electron chi connectivity index (χ2n) is 7.02. The van der Waals surface area contributed by atoms with Gasteiger partial charge >= 0.3 is 0 Å². The van der Waals surface area contributed by atoms with Gasteiger partial charge < -0.3 is 14.6 Å². The van der Waals surface area contributed by atoms with Crippen molar-refractivity contribution < 1.29 is 18.8 Å². The van der Waals surface area contributed by atoms with Gasteiger partial charge in [-0.3, -0.25) is 9.59 Å². The molecule has 1 heterocycles. The van der Waals surface area contributed by atoms with Crippen molar-refractivity contribution in [3.8, 4) is 5.75 Å². The molecule has 2 aromatic rings. The first-order valence-corrected chi connectivity index (χ1v) is 8.56. The second-order valence-corrected chi connectivity index (χ2v) is 7.02. The van der Waals surface area contributed by atoms with Crippen LogP contribution >= 0.6 is 0 Å². The van der Waals surface area contributed by atoms with E-state index < -0.39 is 0 Å². The number of amides is 1. The van der Waals surface area contributed by atoms with Crippen molar-refractivity contribution in [1.29, 1.82) is 0 Å². The van der Waals surface area contributed by atoms with Crippen molar-refractivity contribution in [3.05, 3.63) is 41.5 Å². The second kappa shape index (κ2) is 8.60. The normalized spacial score (nSPS) is 11.2. The van der Waals surface area contributed by atoms with Crippen LogP contribution in [0, 0.1) is 0 Å². The summed E-state index contributed by atoms with van der Waals surface area (Å²) in [6.07, 6.45) is 0.788. The monoisotopic (exact) mass is 359 g/mol. The number of nitrogens with zero attached hydrogens (tertiary/aromatic N) is 2. The van der Waals surface area contributed by atoms with E-state index in [-0.39, 0.29) is 29.9 Å². The number of hydrogen-bond donors (Lipinski definition) is 1. The minimum atomic E-state index is -0.198. The molecule has 1 aromatic heterocycles. The van der Waals surface area contributed by atoms with Gasteiger partial charge in [-0.1, -0.05) is 25.9 Å². The number of methoxy groups -OCH3 is 1. The average molecular weight is 359 g/mol. The van der Waals surface area contributed by atoms with Gasteiger partial charge in [0.05, 0.1) is 7.11 Å². The van der Waals surface area contributed by atoms with Crippen molar-refractivity contribution in [2.45, 2.75) is 45.4 Å². The van der Waals surface area contributed by atoms with Gasteiger partial charge in [-0.2, -0.15) is 4.98 Å². The van der Waals surface area contributed by atoms with Gasteiger partial charge in [-0.05, 0) is 24.3 Å². The molecule has 140 valence electrons. The van der Waals surface area contributed by atoms with Crippen LogP contribution in [-0.2, 0) is 16.6 Å². The molecule has 0 saturated heterocycles. The predicted octanol–water partition coefficient (Wildman–Crippen LogP) is 2.70. The highest BCUT2D eigenvalue weighted by Crippen LogP contribution is 2.19. The number of hydrogen-bond acceptors (Lipinski definition) is 6. The first kappa shape index (κ1) is 19.6. The largest absolute Gasteiger partial charge is 0.497 e. The Balaban J connectivity index is 1.71. The Morgan fingerprint density at radius 1 is 1.15 bits per heavy atom. The molecule has 0 aliphatic heterocycles. The summed E-state index contributed by atoms with van der Waals surface area (Å²) >= 11 is 0. The molecule has 7 nitrogen and oxygen atoms in total. The van der Waals surface area contributed by atoms with Crippen LogP contribution in [0.15, 0.2) is 28.8 Å². The van der Waals surface area contributed by atoms with Crippen LogP contribution < -0.4 is 10.1 Å². The van der Waals surface area contributed by atoms with Crippen molar-refractivity contribution in [2.24, 2.45) is 0 Å². The van der Waals surface area contributed by atoms with Crippen molar-refractivity contribution >= 4 is 11.7 Å². The Kier molecular flexibility index (Phi) is 6.49. The molecule has 0 atom stereocenters. The first-order valence-electron chi connectivity index (χ1n) is 8.56. The summed E-state index contributed by atoms with van der Waals surface area (Å²) in [5, 5.41) is 6.68. The van der Waals surface area contributed by atoms with E-state index in [1.807, 2.05) is 20.8 Å². The molecule has 0 saturated carbocycles. The lowest BCUT2D eigenvalue weighted by molar-refractivity contribution is -0.121. The number of carbonyl (C=O) groups excluding carboxylic acids is 2. The van der Waals surface area contributed by atoms with E-state index in [1.54, 1.807) is 31.4 Å². The third kappa shape index (κ3) is 5.68. The molecule has 0 radical (unpaired) electrons. The quantitative estimate of drug-likeness (QED) is 0.728. The molecule has 0 bridgehead atoms. The summed E-state index contributed by atoms with van der Waals surface area (Å²) in [6.45, 7) is 6.38. The number of benzene rings is 1. The highest BCUT2D eigenvalue weighted by atomic mass is 16.5. The summed E-state index contributed by atoms with van der Waals surface area (Å²) in [5.74, 6) is 1.58. The molecule has 0 aliphatic carbocycles. The van der Waals surface area contributed by atoms with E-state index in [0.717, 1.165) is 0 Å². The lowest BCUT2D eigenvalue weighted by Gasteiger charge is -2.10. The molecule has 1 N–H and O–H groups in total. The molecule has 1 aromatic carbocycles. The molecule has 7 heteroatoms. The molecule has 0 spiro atoms. The Labute approximate surface area is 153 Å². The van der Waals surface area contributed by atoms with Crippen molar-refractivity contribution in [3.63, 3.8) is 0 Å². The van der Waals surface area contributed by atoms with Gasteiger partial charge in [0.25, 0.3) is 0 Å². The van der Waals surface area contributed by atoms with Gasteiger partial charge in [0.2, 0.25) is 11.8 Å². The Hall–Kier alpha value is -2.70. The van der Waals surface area contributed by atoms with Crippen LogP contribution in [0.2, 0.25) is 0 Å². The number of ketones is 1. The number of ether oxygens (including phenoxy) is 1. The van der Waals surface area contributed by atoms with Crippen LogP contribution in [0.25, 0.3) is 0 Å². The number of Topliss-reactive ketones (excluding diaryl/α,β-unsaturated/α-hetero) is 1. The first-order chi connectivity index (χ1) is 12.3. The van der Waals surface area contributed by atoms with E-state index in [9.17, 15) is 9.59 Å². The Bertz CT molecular complexity index is 745. The van der Waals surface area contributed by atoms with E-state index in [4.69, 9.17) is 9.26 Å². The fourth-order valence-corrected chi connectivity index (χ4v) is 2.21. The van der Waals surface area contributed by atoms with Crippen LogP contribution in [-0.4, -0.2) is 35.5 Å². The highest BCUT2D eigenvalue weighted by molar-refractivity contribution is 5.98. The molecule has 0 fully saturated rings. The minimum Gasteiger partial charge on any atom is -0.497 e. The average Bonchev–Trinajstić information content (AvgIpc) is 3.09. The zero-order valence-electron chi connectivity index (χ0n) is 15.7. The molecule has 2 rings (SSSR count). The van der Waals surface area contributed by atoms with Gasteiger partial charge in [-0.15, -0.1) is 0 Å². The zero-order chi connectivity index (χ0) is 19.2. The summed E-state index contributed by atoms with van der Waals surface area (Å²) in [6, 6.07) is 6.85. The SMILES string of the molecule is COc1ccc(C(=O)CCC(=O)NCCc2noc(C(C)(C)C)n2)cc1. The number of rotatable bonds is 8. The zero-order valence-corrected chi connectivity index (χ0v) is 15.7. The molecular weight excluding hydrogens is 334 g/mol. The van der Waals surface area contributed by atoms with E-state index >= 15 is 0 Å². The topological polar surface area (TPSA) is 94.3 Å². The van der Waals surface area contributed by atoms with Crippen molar-refractivity contribution in [1.82, 2.24) is 15.5 Å². The lowest BCUT2D eigenvalue weighted by Crippen LogP contribution is -2.26.